The number of carbonyl (C=O) groups is 3. The van der Waals surface area contributed by atoms with Crippen molar-refractivity contribution in [1.29, 1.82) is 0 Å². The number of imide groups is 1. The molecular formula is C26H34N4O4. The molecule has 4 heterocycles. The summed E-state index contributed by atoms with van der Waals surface area (Å²) in [4.78, 5) is 41.6. The Labute approximate surface area is 200 Å². The van der Waals surface area contributed by atoms with Gasteiger partial charge in [-0.2, -0.15) is 0 Å². The molecule has 182 valence electrons. The number of anilines is 2. The Morgan fingerprint density at radius 3 is 2.41 bits per heavy atom. The summed E-state index contributed by atoms with van der Waals surface area (Å²) in [6.07, 6.45) is 6.97. The number of aliphatic hydroxyl groups is 1. The number of carbonyl (C=O) groups excluding carboxylic acids is 3. The maximum atomic E-state index is 13.4. The fourth-order valence-electron chi connectivity index (χ4n) is 6.62. The molecule has 1 aliphatic carbocycles. The smallest absolute Gasteiger partial charge is 0.249 e. The Kier molecular flexibility index (Phi) is 5.22. The van der Waals surface area contributed by atoms with Crippen LogP contribution in [-0.2, 0) is 19.8 Å². The molecule has 1 aromatic rings. The van der Waals surface area contributed by atoms with Gasteiger partial charge < -0.3 is 15.3 Å². The molecule has 3 saturated heterocycles. The Morgan fingerprint density at radius 2 is 1.74 bits per heavy atom. The van der Waals surface area contributed by atoms with Gasteiger partial charge in [0.2, 0.25) is 17.7 Å². The largest absolute Gasteiger partial charge is 0.390 e. The molecule has 8 heteroatoms. The first-order valence-electron chi connectivity index (χ1n) is 12.9. The third kappa shape index (κ3) is 3.62. The molecule has 0 radical (unpaired) electrons. The number of amides is 3. The van der Waals surface area contributed by atoms with Crippen LogP contribution in [0.5, 0.6) is 0 Å². The highest BCUT2D eigenvalue weighted by atomic mass is 16.3. The number of hydrogen-bond acceptors (Lipinski definition) is 6. The summed E-state index contributed by atoms with van der Waals surface area (Å²) in [5.74, 6) is -0.0304. The van der Waals surface area contributed by atoms with E-state index in [0.717, 1.165) is 88.1 Å². The van der Waals surface area contributed by atoms with Crippen molar-refractivity contribution in [3.8, 4) is 0 Å². The topological polar surface area (TPSA) is 102 Å². The van der Waals surface area contributed by atoms with Crippen LogP contribution < -0.4 is 20.4 Å². The number of hydrogen-bond donors (Lipinski definition) is 3. The van der Waals surface area contributed by atoms with Crippen LogP contribution in [0.25, 0.3) is 0 Å². The van der Waals surface area contributed by atoms with Gasteiger partial charge in [0.1, 0.15) is 6.04 Å². The van der Waals surface area contributed by atoms with Crippen LogP contribution in [0, 0.1) is 5.92 Å². The van der Waals surface area contributed by atoms with Crippen LogP contribution in [0.3, 0.4) is 0 Å². The molecule has 8 nitrogen and oxygen atoms in total. The third-order valence-corrected chi connectivity index (χ3v) is 8.84. The van der Waals surface area contributed by atoms with E-state index in [4.69, 9.17) is 0 Å². The minimum atomic E-state index is -0.616. The zero-order chi connectivity index (χ0) is 23.5. The van der Waals surface area contributed by atoms with Gasteiger partial charge in [0, 0.05) is 30.9 Å². The van der Waals surface area contributed by atoms with Crippen molar-refractivity contribution in [2.75, 3.05) is 36.0 Å². The van der Waals surface area contributed by atoms with E-state index in [9.17, 15) is 19.5 Å². The van der Waals surface area contributed by atoms with E-state index in [0.29, 0.717) is 12.3 Å². The van der Waals surface area contributed by atoms with E-state index in [1.54, 1.807) is 4.90 Å². The van der Waals surface area contributed by atoms with Crippen molar-refractivity contribution in [2.24, 2.45) is 5.92 Å². The first kappa shape index (κ1) is 22.0. The van der Waals surface area contributed by atoms with Crippen LogP contribution in [-0.4, -0.2) is 60.6 Å². The molecule has 0 aromatic heterocycles. The van der Waals surface area contributed by atoms with Crippen LogP contribution >= 0.6 is 0 Å². The Bertz CT molecular complexity index is 1020. The number of nitrogens with zero attached hydrogens (tertiary/aromatic N) is 2. The molecule has 4 aliphatic heterocycles. The van der Waals surface area contributed by atoms with Gasteiger partial charge in [-0.15, -0.1) is 0 Å². The lowest BCUT2D eigenvalue weighted by molar-refractivity contribution is -0.135. The van der Waals surface area contributed by atoms with Crippen molar-refractivity contribution in [2.45, 2.75) is 74.8 Å². The summed E-state index contributed by atoms with van der Waals surface area (Å²) in [6, 6.07) is 5.55. The van der Waals surface area contributed by atoms with Gasteiger partial charge in [-0.25, -0.2) is 0 Å². The molecule has 3 amide bonds. The zero-order valence-corrected chi connectivity index (χ0v) is 19.6. The van der Waals surface area contributed by atoms with Crippen LogP contribution in [0.2, 0.25) is 0 Å². The van der Waals surface area contributed by atoms with Gasteiger partial charge in [-0.05, 0) is 94.1 Å². The monoisotopic (exact) mass is 466 g/mol. The molecular weight excluding hydrogens is 432 g/mol. The normalized spacial score (nSPS) is 28.3. The second kappa shape index (κ2) is 8.05. The lowest BCUT2D eigenvalue weighted by Gasteiger charge is -2.41. The SMILES string of the molecule is O=C1CCC(N2C(=O)C3(CC3)c3cc(N4CCC(O)(CC5CCNCC5)CC4)ccc32)C(=O)N1. The maximum Gasteiger partial charge on any atom is 0.249 e. The minimum Gasteiger partial charge on any atom is -0.390 e. The summed E-state index contributed by atoms with van der Waals surface area (Å²) in [5, 5.41) is 17.0. The van der Waals surface area contributed by atoms with E-state index >= 15 is 0 Å². The van der Waals surface area contributed by atoms with Crippen molar-refractivity contribution in [3.63, 3.8) is 0 Å². The number of nitrogens with one attached hydrogen (secondary N) is 2. The fraction of sp³-hybridized carbons (Fsp3) is 0.654. The minimum absolute atomic E-state index is 0.00383. The summed E-state index contributed by atoms with van der Waals surface area (Å²) in [6.45, 7) is 3.72. The van der Waals surface area contributed by atoms with Crippen molar-refractivity contribution in [1.82, 2.24) is 10.6 Å². The molecule has 1 spiro atoms. The van der Waals surface area contributed by atoms with Gasteiger partial charge in [0.05, 0.1) is 11.0 Å². The highest BCUT2D eigenvalue weighted by Gasteiger charge is 2.61. The molecule has 0 bridgehead atoms. The summed E-state index contributed by atoms with van der Waals surface area (Å²) < 4.78 is 0. The molecule has 34 heavy (non-hydrogen) atoms. The quantitative estimate of drug-likeness (QED) is 0.583. The van der Waals surface area contributed by atoms with Crippen LogP contribution in [0.15, 0.2) is 18.2 Å². The molecule has 1 atom stereocenters. The van der Waals surface area contributed by atoms with E-state index in [1.165, 1.54) is 0 Å². The number of fused-ring (bicyclic) bond motifs is 2. The summed E-state index contributed by atoms with van der Waals surface area (Å²) in [5.41, 5.74) is 1.85. The lowest BCUT2D eigenvalue weighted by Crippen LogP contribution is -2.54. The molecule has 5 aliphatic rings. The standard InChI is InChI=1S/C26H34N4O4/c31-22-4-3-21(23(32)28-22)30-20-2-1-18(15-19(20)26(7-8-26)24(30)33)29-13-9-25(34,10-14-29)16-17-5-11-27-12-6-17/h1-2,15,17,21,27,34H,3-14,16H2,(H,28,31,32). The molecule has 3 N–H and O–H groups in total. The lowest BCUT2D eigenvalue weighted by atomic mass is 9.79. The van der Waals surface area contributed by atoms with Crippen LogP contribution in [0.4, 0.5) is 11.4 Å². The van der Waals surface area contributed by atoms with Crippen molar-refractivity contribution < 1.29 is 19.5 Å². The second-order valence-electron chi connectivity index (χ2n) is 11.0. The molecule has 1 aromatic carbocycles. The van der Waals surface area contributed by atoms with Gasteiger partial charge in [0.25, 0.3) is 0 Å². The molecule has 1 unspecified atom stereocenters. The Hall–Kier alpha value is -2.45. The Morgan fingerprint density at radius 1 is 1.00 bits per heavy atom. The first-order chi connectivity index (χ1) is 16.4. The highest BCUT2D eigenvalue weighted by molar-refractivity contribution is 6.15. The number of benzene rings is 1. The van der Waals surface area contributed by atoms with E-state index in [2.05, 4.69) is 21.6 Å². The maximum absolute atomic E-state index is 13.4. The fourth-order valence-corrected chi connectivity index (χ4v) is 6.62. The molecule has 1 saturated carbocycles. The van der Waals surface area contributed by atoms with E-state index in [1.807, 2.05) is 12.1 Å². The van der Waals surface area contributed by atoms with Gasteiger partial charge >= 0.3 is 0 Å². The Balaban J connectivity index is 1.19. The predicted molar refractivity (Wildman–Crippen MR) is 128 cm³/mol. The van der Waals surface area contributed by atoms with E-state index < -0.39 is 17.1 Å². The molecule has 4 fully saturated rings. The second-order valence-corrected chi connectivity index (χ2v) is 11.0. The van der Waals surface area contributed by atoms with E-state index in [-0.39, 0.29) is 24.1 Å². The summed E-state index contributed by atoms with van der Waals surface area (Å²) in [7, 11) is 0. The number of piperidine rings is 3. The average Bonchev–Trinajstić information content (AvgIpc) is 3.60. The summed E-state index contributed by atoms with van der Waals surface area (Å²) >= 11 is 0. The molecule has 6 rings (SSSR count). The van der Waals surface area contributed by atoms with Crippen molar-refractivity contribution in [3.05, 3.63) is 23.8 Å². The van der Waals surface area contributed by atoms with Gasteiger partial charge in [-0.3, -0.25) is 24.6 Å². The van der Waals surface area contributed by atoms with Gasteiger partial charge in [-0.1, -0.05) is 0 Å². The first-order valence-corrected chi connectivity index (χ1v) is 12.9. The highest BCUT2D eigenvalue weighted by Crippen LogP contribution is 2.58. The third-order valence-electron chi connectivity index (χ3n) is 8.84. The number of rotatable bonds is 4. The predicted octanol–water partition coefficient (Wildman–Crippen LogP) is 1.59. The van der Waals surface area contributed by atoms with Crippen molar-refractivity contribution >= 4 is 29.1 Å². The van der Waals surface area contributed by atoms with Crippen LogP contribution in [0.1, 0.15) is 63.4 Å². The van der Waals surface area contributed by atoms with Gasteiger partial charge in [0.15, 0.2) is 0 Å². The zero-order valence-electron chi connectivity index (χ0n) is 19.6. The average molecular weight is 467 g/mol.